The van der Waals surface area contributed by atoms with E-state index in [1.165, 1.54) is 0 Å². The van der Waals surface area contributed by atoms with Gasteiger partial charge in [-0.25, -0.2) is 0 Å². The van der Waals surface area contributed by atoms with Crippen LogP contribution >= 0.6 is 23.8 Å². The maximum atomic E-state index is 12.8. The molecule has 0 radical (unpaired) electrons. The van der Waals surface area contributed by atoms with Crippen molar-refractivity contribution in [2.24, 2.45) is 0 Å². The summed E-state index contributed by atoms with van der Waals surface area (Å²) in [4.78, 5) is 26.6. The van der Waals surface area contributed by atoms with Gasteiger partial charge < -0.3 is 10.2 Å². The Bertz CT molecular complexity index is 1060. The number of amides is 2. The molecule has 3 aromatic rings. The van der Waals surface area contributed by atoms with Crippen molar-refractivity contribution in [2.75, 3.05) is 17.3 Å². The van der Waals surface area contributed by atoms with Crippen molar-refractivity contribution in [1.29, 1.82) is 0 Å². The molecule has 0 atom stereocenters. The lowest BCUT2D eigenvalue weighted by atomic mass is 10.1. The molecule has 0 fully saturated rings. The van der Waals surface area contributed by atoms with Crippen LogP contribution in [0.4, 0.5) is 11.4 Å². The fraction of sp³-hybridized carbons (Fsp3) is 0.0455. The number of nitrogens with zero attached hydrogens (tertiary/aromatic N) is 1. The van der Waals surface area contributed by atoms with E-state index in [2.05, 4.69) is 10.6 Å². The number of nitrogens with one attached hydrogen (secondary N) is 2. The summed E-state index contributed by atoms with van der Waals surface area (Å²) in [6, 6.07) is 23.0. The van der Waals surface area contributed by atoms with Crippen LogP contribution in [0.3, 0.4) is 0 Å². The molecule has 0 saturated carbocycles. The van der Waals surface area contributed by atoms with E-state index in [9.17, 15) is 9.59 Å². The van der Waals surface area contributed by atoms with Crippen molar-refractivity contribution in [3.05, 3.63) is 95.0 Å². The van der Waals surface area contributed by atoms with Crippen LogP contribution in [0.2, 0.25) is 5.02 Å². The number of hydrogen-bond donors (Lipinski definition) is 2. The van der Waals surface area contributed by atoms with Gasteiger partial charge >= 0.3 is 0 Å². The second kappa shape index (κ2) is 9.32. The van der Waals surface area contributed by atoms with Gasteiger partial charge in [0, 0.05) is 24.0 Å². The summed E-state index contributed by atoms with van der Waals surface area (Å²) in [5.41, 5.74) is 2.19. The van der Waals surface area contributed by atoms with Gasteiger partial charge in [0.25, 0.3) is 11.8 Å². The number of thiocarbonyl (C=S) groups is 1. The van der Waals surface area contributed by atoms with Crippen molar-refractivity contribution in [3.8, 4) is 0 Å². The highest BCUT2D eigenvalue weighted by Gasteiger charge is 2.15. The smallest absolute Gasteiger partial charge is 0.258 e. The topological polar surface area (TPSA) is 61.4 Å². The molecule has 0 heterocycles. The number of halogens is 1. The minimum atomic E-state index is -0.413. The van der Waals surface area contributed by atoms with Crippen molar-refractivity contribution >= 4 is 52.1 Å². The molecule has 2 N–H and O–H groups in total. The van der Waals surface area contributed by atoms with E-state index >= 15 is 0 Å². The average Bonchev–Trinajstić information content (AvgIpc) is 2.73. The summed E-state index contributed by atoms with van der Waals surface area (Å²) in [5.74, 6) is -0.574. The van der Waals surface area contributed by atoms with Gasteiger partial charge in [-0.3, -0.25) is 14.9 Å². The molecular weight excluding hydrogens is 406 g/mol. The largest absolute Gasteiger partial charge is 0.332 e. The first-order valence-corrected chi connectivity index (χ1v) is 9.54. The Morgan fingerprint density at radius 3 is 2.34 bits per heavy atom. The fourth-order valence-electron chi connectivity index (χ4n) is 2.67. The summed E-state index contributed by atoms with van der Waals surface area (Å²) >= 11 is 11.2. The number of rotatable bonds is 4. The predicted octanol–water partition coefficient (Wildman–Crippen LogP) is 4.74. The highest BCUT2D eigenvalue weighted by Crippen LogP contribution is 2.18. The Hall–Kier alpha value is -3.22. The normalized spacial score (nSPS) is 10.1. The average molecular weight is 424 g/mol. The summed E-state index contributed by atoms with van der Waals surface area (Å²) < 4.78 is 0. The van der Waals surface area contributed by atoms with Crippen LogP contribution < -0.4 is 15.5 Å². The van der Waals surface area contributed by atoms with Crippen LogP contribution in [0, 0.1) is 0 Å². The molecule has 2 amide bonds. The Kier molecular flexibility index (Phi) is 6.59. The molecule has 146 valence electrons. The van der Waals surface area contributed by atoms with E-state index in [-0.39, 0.29) is 11.0 Å². The molecule has 0 unspecified atom stereocenters. The second-order valence-electron chi connectivity index (χ2n) is 6.17. The zero-order chi connectivity index (χ0) is 20.8. The number of para-hydroxylation sites is 1. The molecule has 0 aliphatic rings. The molecule has 5 nitrogen and oxygen atoms in total. The van der Waals surface area contributed by atoms with Gasteiger partial charge in [-0.2, -0.15) is 0 Å². The highest BCUT2D eigenvalue weighted by atomic mass is 35.5. The van der Waals surface area contributed by atoms with Gasteiger partial charge in [-0.1, -0.05) is 48.0 Å². The third-order valence-electron chi connectivity index (χ3n) is 4.16. The first-order valence-electron chi connectivity index (χ1n) is 8.76. The van der Waals surface area contributed by atoms with Gasteiger partial charge in [0.1, 0.15) is 0 Å². The molecule has 3 rings (SSSR count). The number of hydrogen-bond acceptors (Lipinski definition) is 3. The molecule has 0 saturated heterocycles. The maximum absolute atomic E-state index is 12.8. The zero-order valence-corrected chi connectivity index (χ0v) is 17.1. The molecule has 0 aromatic heterocycles. The quantitative estimate of drug-likeness (QED) is 0.595. The third-order valence-corrected chi connectivity index (χ3v) is 4.69. The molecule has 3 aromatic carbocycles. The number of benzene rings is 3. The molecule has 0 spiro atoms. The van der Waals surface area contributed by atoms with Crippen molar-refractivity contribution in [3.63, 3.8) is 0 Å². The highest BCUT2D eigenvalue weighted by molar-refractivity contribution is 7.80. The second-order valence-corrected chi connectivity index (χ2v) is 6.98. The maximum Gasteiger partial charge on any atom is 0.258 e. The molecule has 0 bridgehead atoms. The van der Waals surface area contributed by atoms with E-state index in [4.69, 9.17) is 23.8 Å². The van der Waals surface area contributed by atoms with Crippen molar-refractivity contribution in [1.82, 2.24) is 5.32 Å². The number of anilines is 2. The van der Waals surface area contributed by atoms with Gasteiger partial charge in [0.2, 0.25) is 0 Å². The molecule has 7 heteroatoms. The van der Waals surface area contributed by atoms with E-state index in [0.717, 1.165) is 5.69 Å². The van der Waals surface area contributed by atoms with Gasteiger partial charge in [0.05, 0.1) is 10.6 Å². The van der Waals surface area contributed by atoms with Crippen molar-refractivity contribution < 1.29 is 9.59 Å². The lowest BCUT2D eigenvalue weighted by Crippen LogP contribution is -2.34. The standard InChI is InChI=1S/C22H18ClN3O2S/c1-26(17-10-3-2-4-11-17)21(28)15-8-7-9-16(14-15)24-22(29)25-20(27)18-12-5-6-13-19(18)23/h2-14H,1H3,(H2,24,25,27,29). The zero-order valence-electron chi connectivity index (χ0n) is 15.6. The number of carbonyl (C=O) groups is 2. The minimum absolute atomic E-state index is 0.107. The van der Waals surface area contributed by atoms with Crippen LogP contribution in [0.1, 0.15) is 20.7 Å². The fourth-order valence-corrected chi connectivity index (χ4v) is 3.10. The first kappa shape index (κ1) is 20.5. The van der Waals surface area contributed by atoms with Gasteiger partial charge in [0.15, 0.2) is 5.11 Å². The van der Waals surface area contributed by atoms with E-state index < -0.39 is 5.91 Å². The van der Waals surface area contributed by atoms with Crippen LogP contribution in [0.5, 0.6) is 0 Å². The Balaban J connectivity index is 1.68. The van der Waals surface area contributed by atoms with E-state index in [1.807, 2.05) is 30.3 Å². The lowest BCUT2D eigenvalue weighted by Gasteiger charge is -2.18. The Morgan fingerprint density at radius 2 is 1.62 bits per heavy atom. The van der Waals surface area contributed by atoms with Crippen molar-refractivity contribution in [2.45, 2.75) is 0 Å². The molecule has 0 aliphatic carbocycles. The first-order chi connectivity index (χ1) is 14.0. The SMILES string of the molecule is CN(C(=O)c1cccc(NC(=S)NC(=O)c2ccccc2Cl)c1)c1ccccc1. The Labute approximate surface area is 179 Å². The summed E-state index contributed by atoms with van der Waals surface area (Å²) in [5, 5.41) is 5.95. The molecule has 0 aliphatic heterocycles. The summed E-state index contributed by atoms with van der Waals surface area (Å²) in [6.45, 7) is 0. The monoisotopic (exact) mass is 423 g/mol. The van der Waals surface area contributed by atoms with E-state index in [0.29, 0.717) is 21.8 Å². The minimum Gasteiger partial charge on any atom is -0.332 e. The molecule has 29 heavy (non-hydrogen) atoms. The van der Waals surface area contributed by atoms with Gasteiger partial charge in [-0.05, 0) is 54.7 Å². The van der Waals surface area contributed by atoms with Crippen LogP contribution in [0.15, 0.2) is 78.9 Å². The van der Waals surface area contributed by atoms with Crippen LogP contribution in [0.25, 0.3) is 0 Å². The van der Waals surface area contributed by atoms with E-state index in [1.54, 1.807) is 60.5 Å². The Morgan fingerprint density at radius 1 is 0.931 bits per heavy atom. The third kappa shape index (κ3) is 5.19. The lowest BCUT2D eigenvalue weighted by molar-refractivity contribution is 0.0974. The van der Waals surface area contributed by atoms with Crippen LogP contribution in [-0.2, 0) is 0 Å². The van der Waals surface area contributed by atoms with Crippen LogP contribution in [-0.4, -0.2) is 24.0 Å². The summed E-state index contributed by atoms with van der Waals surface area (Å²) in [7, 11) is 1.71. The predicted molar refractivity (Wildman–Crippen MR) is 121 cm³/mol. The van der Waals surface area contributed by atoms with Gasteiger partial charge in [-0.15, -0.1) is 0 Å². The molecular formula is C22H18ClN3O2S. The summed E-state index contributed by atoms with van der Waals surface area (Å²) in [6.07, 6.45) is 0. The number of carbonyl (C=O) groups excluding carboxylic acids is 2.